The highest BCUT2D eigenvalue weighted by molar-refractivity contribution is 5.76. The van der Waals surface area contributed by atoms with E-state index in [-0.39, 0.29) is 24.6 Å². The first-order valence-corrected chi connectivity index (χ1v) is 6.20. The summed E-state index contributed by atoms with van der Waals surface area (Å²) >= 11 is 0. The third-order valence-electron chi connectivity index (χ3n) is 2.56. The highest BCUT2D eigenvalue weighted by atomic mass is 19.2. The number of hydrogen-bond donors (Lipinski definition) is 2. The van der Waals surface area contributed by atoms with Gasteiger partial charge in [-0.1, -0.05) is 13.3 Å². The van der Waals surface area contributed by atoms with E-state index in [1.54, 1.807) is 0 Å². The Bertz CT molecular complexity index is 438. The fourth-order valence-electron chi connectivity index (χ4n) is 1.47. The Labute approximate surface area is 110 Å². The maximum Gasteiger partial charge on any atom is 0.221 e. The Kier molecular flexibility index (Phi) is 6.18. The summed E-state index contributed by atoms with van der Waals surface area (Å²) in [7, 11) is 0. The summed E-state index contributed by atoms with van der Waals surface area (Å²) in [4.78, 5) is 11.3. The minimum absolute atomic E-state index is 0.141. The number of amides is 1. The second-order valence-corrected chi connectivity index (χ2v) is 4.10. The van der Waals surface area contributed by atoms with Gasteiger partial charge in [0, 0.05) is 19.5 Å². The van der Waals surface area contributed by atoms with Crippen molar-refractivity contribution >= 4 is 11.6 Å². The van der Waals surface area contributed by atoms with E-state index in [0.29, 0.717) is 6.54 Å². The summed E-state index contributed by atoms with van der Waals surface area (Å²) in [5.74, 6) is -4.19. The summed E-state index contributed by atoms with van der Waals surface area (Å²) in [6.45, 7) is 2.77. The lowest BCUT2D eigenvalue weighted by atomic mass is 10.2. The molecule has 1 amide bonds. The molecule has 3 nitrogen and oxygen atoms in total. The van der Waals surface area contributed by atoms with E-state index in [2.05, 4.69) is 10.6 Å². The Morgan fingerprint density at radius 1 is 1.16 bits per heavy atom. The van der Waals surface area contributed by atoms with Gasteiger partial charge < -0.3 is 10.6 Å². The van der Waals surface area contributed by atoms with Gasteiger partial charge in [-0.3, -0.25) is 4.79 Å². The third kappa shape index (κ3) is 4.81. The van der Waals surface area contributed by atoms with E-state index in [0.717, 1.165) is 25.0 Å². The van der Waals surface area contributed by atoms with E-state index < -0.39 is 17.5 Å². The molecule has 0 spiro atoms. The largest absolute Gasteiger partial charge is 0.382 e. The van der Waals surface area contributed by atoms with Crippen LogP contribution in [-0.2, 0) is 4.79 Å². The van der Waals surface area contributed by atoms with Crippen LogP contribution in [0.4, 0.5) is 18.9 Å². The molecule has 0 saturated carbocycles. The molecule has 0 radical (unpaired) electrons. The van der Waals surface area contributed by atoms with Crippen molar-refractivity contribution in [3.05, 3.63) is 29.6 Å². The van der Waals surface area contributed by atoms with Crippen LogP contribution in [0.1, 0.15) is 26.2 Å². The van der Waals surface area contributed by atoms with E-state index in [1.807, 2.05) is 6.92 Å². The van der Waals surface area contributed by atoms with Gasteiger partial charge >= 0.3 is 0 Å². The first kappa shape index (κ1) is 15.3. The third-order valence-corrected chi connectivity index (χ3v) is 2.56. The molecule has 0 unspecified atom stereocenters. The van der Waals surface area contributed by atoms with Crippen molar-refractivity contribution < 1.29 is 18.0 Å². The van der Waals surface area contributed by atoms with Gasteiger partial charge in [0.05, 0.1) is 5.69 Å². The number of unbranched alkanes of at least 4 members (excludes halogenated alkanes) is 1. The van der Waals surface area contributed by atoms with E-state index in [4.69, 9.17) is 0 Å². The fourth-order valence-corrected chi connectivity index (χ4v) is 1.47. The van der Waals surface area contributed by atoms with Crippen LogP contribution >= 0.6 is 0 Å². The molecule has 0 aromatic heterocycles. The van der Waals surface area contributed by atoms with Crippen LogP contribution in [0.25, 0.3) is 0 Å². The Balaban J connectivity index is 2.37. The van der Waals surface area contributed by atoms with Crippen LogP contribution < -0.4 is 10.6 Å². The van der Waals surface area contributed by atoms with Crippen LogP contribution in [0, 0.1) is 17.5 Å². The summed E-state index contributed by atoms with van der Waals surface area (Å²) < 4.78 is 38.8. The molecule has 0 fully saturated rings. The maximum atomic E-state index is 13.3. The highest BCUT2D eigenvalue weighted by Gasteiger charge is 2.13. The molecule has 0 aliphatic carbocycles. The fraction of sp³-hybridized carbons (Fsp3) is 0.462. The Morgan fingerprint density at radius 3 is 2.58 bits per heavy atom. The molecule has 1 rings (SSSR count). The van der Waals surface area contributed by atoms with Crippen molar-refractivity contribution in [3.8, 4) is 0 Å². The SMILES string of the molecule is CCCCNC(=O)CCNc1ccc(F)c(F)c1F. The van der Waals surface area contributed by atoms with Crippen molar-refractivity contribution in [1.82, 2.24) is 5.32 Å². The lowest BCUT2D eigenvalue weighted by Gasteiger charge is -2.08. The zero-order valence-corrected chi connectivity index (χ0v) is 10.7. The van der Waals surface area contributed by atoms with Gasteiger partial charge in [-0.2, -0.15) is 0 Å². The molecular weight excluding hydrogens is 257 g/mol. The topological polar surface area (TPSA) is 41.1 Å². The number of halogens is 3. The first-order valence-electron chi connectivity index (χ1n) is 6.20. The van der Waals surface area contributed by atoms with Crippen molar-refractivity contribution in [1.29, 1.82) is 0 Å². The monoisotopic (exact) mass is 274 g/mol. The Hall–Kier alpha value is -1.72. The second kappa shape index (κ2) is 7.66. The molecule has 19 heavy (non-hydrogen) atoms. The van der Waals surface area contributed by atoms with Gasteiger partial charge in [0.25, 0.3) is 0 Å². The minimum Gasteiger partial charge on any atom is -0.382 e. The predicted molar refractivity (Wildman–Crippen MR) is 67.3 cm³/mol. The number of hydrogen-bond acceptors (Lipinski definition) is 2. The van der Waals surface area contributed by atoms with Crippen molar-refractivity contribution in [2.24, 2.45) is 0 Å². The summed E-state index contributed by atoms with van der Waals surface area (Å²) in [5, 5.41) is 5.26. The smallest absolute Gasteiger partial charge is 0.221 e. The molecular formula is C13H17F3N2O. The second-order valence-electron chi connectivity index (χ2n) is 4.10. The van der Waals surface area contributed by atoms with E-state index in [9.17, 15) is 18.0 Å². The van der Waals surface area contributed by atoms with Gasteiger partial charge in [-0.25, -0.2) is 13.2 Å². The van der Waals surface area contributed by atoms with Gasteiger partial charge in [0.2, 0.25) is 5.91 Å². The molecule has 2 N–H and O–H groups in total. The molecule has 0 aliphatic heterocycles. The van der Waals surface area contributed by atoms with Crippen LogP contribution in [0.5, 0.6) is 0 Å². The summed E-state index contributed by atoms with van der Waals surface area (Å²) in [5.41, 5.74) is -0.153. The van der Waals surface area contributed by atoms with Crippen molar-refractivity contribution in [3.63, 3.8) is 0 Å². The first-order chi connectivity index (χ1) is 9.06. The standard InChI is InChI=1S/C13H17F3N2O/c1-2-3-7-18-11(19)6-8-17-10-5-4-9(14)12(15)13(10)16/h4-5,17H,2-3,6-8H2,1H3,(H,18,19). The molecule has 0 bridgehead atoms. The number of rotatable bonds is 7. The molecule has 1 aromatic carbocycles. The quantitative estimate of drug-likeness (QED) is 0.593. The number of carbonyl (C=O) groups excluding carboxylic acids is 1. The van der Waals surface area contributed by atoms with Crippen molar-refractivity contribution in [2.75, 3.05) is 18.4 Å². The highest BCUT2D eigenvalue weighted by Crippen LogP contribution is 2.19. The molecule has 6 heteroatoms. The van der Waals surface area contributed by atoms with Gasteiger partial charge in [-0.15, -0.1) is 0 Å². The number of anilines is 1. The van der Waals surface area contributed by atoms with Gasteiger partial charge in [0.15, 0.2) is 17.5 Å². The van der Waals surface area contributed by atoms with Crippen LogP contribution in [0.2, 0.25) is 0 Å². The molecule has 0 atom stereocenters. The lowest BCUT2D eigenvalue weighted by molar-refractivity contribution is -0.120. The average molecular weight is 274 g/mol. The zero-order valence-electron chi connectivity index (χ0n) is 10.7. The summed E-state index contributed by atoms with van der Waals surface area (Å²) in [6, 6.07) is 1.94. The maximum absolute atomic E-state index is 13.3. The predicted octanol–water partition coefficient (Wildman–Crippen LogP) is 2.82. The lowest BCUT2D eigenvalue weighted by Crippen LogP contribution is -2.26. The molecule has 0 aliphatic rings. The number of benzene rings is 1. The van der Waals surface area contributed by atoms with Gasteiger partial charge in [-0.05, 0) is 18.6 Å². The molecule has 106 valence electrons. The number of nitrogens with one attached hydrogen (secondary N) is 2. The van der Waals surface area contributed by atoms with Crippen LogP contribution in [0.15, 0.2) is 12.1 Å². The average Bonchev–Trinajstić information content (AvgIpc) is 2.39. The minimum atomic E-state index is -1.52. The van der Waals surface area contributed by atoms with E-state index in [1.165, 1.54) is 0 Å². The molecule has 0 saturated heterocycles. The zero-order chi connectivity index (χ0) is 14.3. The van der Waals surface area contributed by atoms with Crippen LogP contribution in [0.3, 0.4) is 0 Å². The van der Waals surface area contributed by atoms with Crippen LogP contribution in [-0.4, -0.2) is 19.0 Å². The number of carbonyl (C=O) groups is 1. The van der Waals surface area contributed by atoms with E-state index >= 15 is 0 Å². The Morgan fingerprint density at radius 2 is 1.89 bits per heavy atom. The molecule has 0 heterocycles. The molecule has 1 aromatic rings. The van der Waals surface area contributed by atoms with Crippen molar-refractivity contribution in [2.45, 2.75) is 26.2 Å². The normalized spacial score (nSPS) is 10.3. The van der Waals surface area contributed by atoms with Gasteiger partial charge in [0.1, 0.15) is 0 Å². The summed E-state index contributed by atoms with van der Waals surface area (Å²) in [6.07, 6.45) is 2.03.